The molecule has 0 aliphatic carbocycles. The number of rotatable bonds is 3. The predicted octanol–water partition coefficient (Wildman–Crippen LogP) is 2.85. The van der Waals surface area contributed by atoms with Crippen LogP contribution in [0.4, 0.5) is 10.5 Å². The maximum atomic E-state index is 12.7. The van der Waals surface area contributed by atoms with Crippen molar-refractivity contribution >= 4 is 23.7 Å². The highest BCUT2D eigenvalue weighted by atomic mass is 16.5. The van der Waals surface area contributed by atoms with Crippen molar-refractivity contribution in [1.82, 2.24) is 4.90 Å². The molecule has 0 saturated heterocycles. The lowest BCUT2D eigenvalue weighted by Gasteiger charge is -2.29. The number of nitrogens with zero attached hydrogens (tertiary/aromatic N) is 1. The number of anilines is 1. The fraction of sp³-hybridized carbons (Fsp3) is 0.250. The van der Waals surface area contributed by atoms with Gasteiger partial charge >= 0.3 is 18.0 Å². The molecule has 0 spiro atoms. The second-order valence-corrected chi connectivity index (χ2v) is 6.15. The van der Waals surface area contributed by atoms with E-state index in [9.17, 15) is 14.4 Å². The van der Waals surface area contributed by atoms with Crippen molar-refractivity contribution in [3.05, 3.63) is 64.7 Å². The van der Waals surface area contributed by atoms with Gasteiger partial charge in [-0.05, 0) is 35.7 Å². The summed E-state index contributed by atoms with van der Waals surface area (Å²) in [5.74, 6) is -1.22. The smallest absolute Gasteiger partial charge is 0.337 e. The predicted molar refractivity (Wildman–Crippen MR) is 98.7 cm³/mol. The number of carbonyl (C=O) groups is 3. The van der Waals surface area contributed by atoms with Gasteiger partial charge in [0, 0.05) is 18.8 Å². The number of hydrogen-bond acceptors (Lipinski definition) is 5. The Balaban J connectivity index is 1.81. The number of urea groups is 1. The third kappa shape index (κ3) is 4.08. The first-order valence-corrected chi connectivity index (χ1v) is 8.46. The summed E-state index contributed by atoms with van der Waals surface area (Å²) in [6.07, 6.45) is 0.777. The molecule has 27 heavy (non-hydrogen) atoms. The molecule has 2 aromatic carbocycles. The Morgan fingerprint density at radius 3 is 2.11 bits per heavy atom. The summed E-state index contributed by atoms with van der Waals surface area (Å²) >= 11 is 0. The fourth-order valence-electron chi connectivity index (χ4n) is 3.04. The Kier molecular flexibility index (Phi) is 5.40. The first kappa shape index (κ1) is 18.4. The third-order valence-electron chi connectivity index (χ3n) is 4.44. The number of amides is 2. The van der Waals surface area contributed by atoms with Crippen LogP contribution >= 0.6 is 0 Å². The van der Waals surface area contributed by atoms with Gasteiger partial charge in [0.1, 0.15) is 0 Å². The molecular formula is C20H20N2O5. The molecule has 0 fully saturated rings. The first-order chi connectivity index (χ1) is 13.0. The molecule has 0 atom stereocenters. The third-order valence-corrected chi connectivity index (χ3v) is 4.44. The number of fused-ring (bicyclic) bond motifs is 1. The van der Waals surface area contributed by atoms with Crippen LogP contribution in [0.3, 0.4) is 0 Å². The van der Waals surface area contributed by atoms with Crippen LogP contribution in [0, 0.1) is 0 Å². The average Bonchev–Trinajstić information content (AvgIpc) is 2.71. The zero-order valence-corrected chi connectivity index (χ0v) is 15.2. The van der Waals surface area contributed by atoms with Crippen molar-refractivity contribution in [2.24, 2.45) is 0 Å². The fourth-order valence-corrected chi connectivity index (χ4v) is 3.04. The van der Waals surface area contributed by atoms with Gasteiger partial charge in [0.05, 0.1) is 25.3 Å². The lowest BCUT2D eigenvalue weighted by molar-refractivity contribution is 0.0599. The minimum Gasteiger partial charge on any atom is -0.465 e. The van der Waals surface area contributed by atoms with Crippen molar-refractivity contribution in [1.29, 1.82) is 0 Å². The van der Waals surface area contributed by atoms with E-state index in [1.807, 2.05) is 18.2 Å². The van der Waals surface area contributed by atoms with Gasteiger partial charge in [0.15, 0.2) is 0 Å². The summed E-state index contributed by atoms with van der Waals surface area (Å²) in [5, 5.41) is 2.75. The highest BCUT2D eigenvalue weighted by Gasteiger charge is 2.21. The minimum absolute atomic E-state index is 0.152. The van der Waals surface area contributed by atoms with Gasteiger partial charge in [-0.3, -0.25) is 0 Å². The maximum Gasteiger partial charge on any atom is 0.337 e. The van der Waals surface area contributed by atoms with E-state index in [4.69, 9.17) is 9.47 Å². The van der Waals surface area contributed by atoms with Gasteiger partial charge in [-0.1, -0.05) is 24.3 Å². The topological polar surface area (TPSA) is 84.9 Å². The molecule has 0 saturated carbocycles. The van der Waals surface area contributed by atoms with Gasteiger partial charge in [-0.25, -0.2) is 14.4 Å². The Morgan fingerprint density at radius 1 is 0.926 bits per heavy atom. The molecule has 3 rings (SSSR count). The number of esters is 2. The second-order valence-electron chi connectivity index (χ2n) is 6.15. The summed E-state index contributed by atoms with van der Waals surface area (Å²) in [6, 6.07) is 12.0. The van der Waals surface area contributed by atoms with Crippen LogP contribution < -0.4 is 5.32 Å². The largest absolute Gasteiger partial charge is 0.465 e. The lowest BCUT2D eigenvalue weighted by atomic mass is 10.0. The van der Waals surface area contributed by atoms with E-state index in [0.29, 0.717) is 18.8 Å². The van der Waals surface area contributed by atoms with Gasteiger partial charge in [0.2, 0.25) is 0 Å². The molecule has 1 N–H and O–H groups in total. The van der Waals surface area contributed by atoms with Crippen LogP contribution in [0.5, 0.6) is 0 Å². The van der Waals surface area contributed by atoms with Crippen molar-refractivity contribution in [2.45, 2.75) is 13.0 Å². The Labute approximate surface area is 156 Å². The average molecular weight is 368 g/mol. The van der Waals surface area contributed by atoms with E-state index < -0.39 is 11.9 Å². The van der Waals surface area contributed by atoms with Crippen molar-refractivity contribution < 1.29 is 23.9 Å². The SMILES string of the molecule is COC(=O)c1cc(NC(=O)N2CCc3ccccc3C2)cc(C(=O)OC)c1. The van der Waals surface area contributed by atoms with Crippen LogP contribution in [0.1, 0.15) is 31.8 Å². The summed E-state index contributed by atoms with van der Waals surface area (Å²) in [6.45, 7) is 1.09. The first-order valence-electron chi connectivity index (χ1n) is 8.46. The number of ether oxygens (including phenoxy) is 2. The lowest BCUT2D eigenvalue weighted by Crippen LogP contribution is -2.38. The molecule has 2 aromatic rings. The van der Waals surface area contributed by atoms with Crippen molar-refractivity contribution in [2.75, 3.05) is 26.1 Å². The van der Waals surface area contributed by atoms with E-state index in [1.54, 1.807) is 4.90 Å². The van der Waals surface area contributed by atoms with Gasteiger partial charge < -0.3 is 19.7 Å². The van der Waals surface area contributed by atoms with Gasteiger partial charge in [-0.2, -0.15) is 0 Å². The number of carbonyl (C=O) groups excluding carboxylic acids is 3. The monoisotopic (exact) mass is 368 g/mol. The molecule has 0 radical (unpaired) electrons. The number of nitrogens with one attached hydrogen (secondary N) is 1. The number of methoxy groups -OCH3 is 2. The zero-order chi connectivity index (χ0) is 19.4. The molecule has 0 unspecified atom stereocenters. The van der Waals surface area contributed by atoms with E-state index in [0.717, 1.165) is 12.0 Å². The molecule has 7 heteroatoms. The molecule has 1 aliphatic heterocycles. The Hall–Kier alpha value is -3.35. The summed E-state index contributed by atoms with van der Waals surface area (Å²) in [4.78, 5) is 38.1. The summed E-state index contributed by atoms with van der Waals surface area (Å²) < 4.78 is 9.41. The highest BCUT2D eigenvalue weighted by molar-refractivity contribution is 5.99. The number of hydrogen-bond donors (Lipinski definition) is 1. The van der Waals surface area contributed by atoms with Crippen LogP contribution in [0.25, 0.3) is 0 Å². The Morgan fingerprint density at radius 2 is 1.52 bits per heavy atom. The van der Waals surface area contributed by atoms with Crippen molar-refractivity contribution in [3.63, 3.8) is 0 Å². The quantitative estimate of drug-likeness (QED) is 0.842. The molecule has 0 bridgehead atoms. The van der Waals surface area contributed by atoms with E-state index in [-0.39, 0.29) is 17.2 Å². The molecule has 2 amide bonds. The number of benzene rings is 2. The van der Waals surface area contributed by atoms with Gasteiger partial charge in [0.25, 0.3) is 0 Å². The normalized spacial score (nSPS) is 12.7. The molecular weight excluding hydrogens is 348 g/mol. The van der Waals surface area contributed by atoms with Crippen molar-refractivity contribution in [3.8, 4) is 0 Å². The van der Waals surface area contributed by atoms with Crippen LogP contribution in [0.15, 0.2) is 42.5 Å². The van der Waals surface area contributed by atoms with Crippen LogP contribution in [-0.4, -0.2) is 43.6 Å². The molecule has 1 aliphatic rings. The Bertz CT molecular complexity index is 859. The van der Waals surface area contributed by atoms with E-state index in [1.165, 1.54) is 38.0 Å². The van der Waals surface area contributed by atoms with Gasteiger partial charge in [-0.15, -0.1) is 0 Å². The second kappa shape index (κ2) is 7.90. The van der Waals surface area contributed by atoms with Crippen LogP contribution in [0.2, 0.25) is 0 Å². The standard InChI is InChI=1S/C20H20N2O5/c1-26-18(23)15-9-16(19(24)27-2)11-17(10-15)21-20(25)22-8-7-13-5-3-4-6-14(13)12-22/h3-6,9-11H,7-8,12H2,1-2H3,(H,21,25). The van der Waals surface area contributed by atoms with E-state index in [2.05, 4.69) is 11.4 Å². The molecule has 1 heterocycles. The maximum absolute atomic E-state index is 12.7. The summed E-state index contributed by atoms with van der Waals surface area (Å²) in [7, 11) is 2.49. The molecule has 0 aromatic heterocycles. The summed E-state index contributed by atoms with van der Waals surface area (Å²) in [5.41, 5.74) is 2.97. The highest BCUT2D eigenvalue weighted by Crippen LogP contribution is 2.21. The minimum atomic E-state index is -0.608. The zero-order valence-electron chi connectivity index (χ0n) is 15.2. The van der Waals surface area contributed by atoms with Crippen LogP contribution in [-0.2, 0) is 22.4 Å². The molecule has 140 valence electrons. The van der Waals surface area contributed by atoms with E-state index >= 15 is 0 Å². The molecule has 7 nitrogen and oxygen atoms in total.